The number of carbonyl (C=O) groups is 1. The molecule has 1 aromatic rings. The van der Waals surface area contributed by atoms with Gasteiger partial charge < -0.3 is 9.47 Å². The van der Waals surface area contributed by atoms with E-state index in [0.717, 1.165) is 37.3 Å². The molecule has 114 valence electrons. The van der Waals surface area contributed by atoms with Crippen LogP contribution in [0.5, 0.6) is 5.75 Å². The molecule has 21 heavy (non-hydrogen) atoms. The lowest BCUT2D eigenvalue weighted by Crippen LogP contribution is -2.54. The van der Waals surface area contributed by atoms with Crippen molar-refractivity contribution in [3.05, 3.63) is 29.8 Å². The number of benzene rings is 1. The number of rotatable bonds is 4. The minimum atomic E-state index is -0.0899. The smallest absolute Gasteiger partial charge is 0.179 e. The summed E-state index contributed by atoms with van der Waals surface area (Å²) in [6.07, 6.45) is 3.80. The van der Waals surface area contributed by atoms with Gasteiger partial charge in [0.2, 0.25) is 0 Å². The first-order valence-corrected chi connectivity index (χ1v) is 7.76. The summed E-state index contributed by atoms with van der Waals surface area (Å²) < 4.78 is 11.0. The quantitative estimate of drug-likeness (QED) is 0.798. The molecule has 3 unspecified atom stereocenters. The maximum Gasteiger partial charge on any atom is 0.179 e. The lowest BCUT2D eigenvalue weighted by Gasteiger charge is -2.40. The van der Waals surface area contributed by atoms with Gasteiger partial charge in [-0.25, -0.2) is 0 Å². The van der Waals surface area contributed by atoms with Crippen LogP contribution in [-0.4, -0.2) is 49.1 Å². The third-order valence-electron chi connectivity index (χ3n) is 4.78. The molecule has 2 fully saturated rings. The molecule has 3 atom stereocenters. The molecule has 0 bridgehead atoms. The second-order valence-electron chi connectivity index (χ2n) is 5.91. The van der Waals surface area contributed by atoms with E-state index in [-0.39, 0.29) is 11.8 Å². The second kappa shape index (κ2) is 6.16. The highest BCUT2D eigenvalue weighted by Crippen LogP contribution is 2.31. The zero-order valence-electron chi connectivity index (χ0n) is 12.7. The summed E-state index contributed by atoms with van der Waals surface area (Å²) in [4.78, 5) is 15.0. The Labute approximate surface area is 126 Å². The molecule has 0 N–H and O–H groups in total. The summed E-state index contributed by atoms with van der Waals surface area (Å²) in [6.45, 7) is 3.61. The molecule has 0 radical (unpaired) electrons. The number of ether oxygens (including phenoxy) is 2. The number of fused-ring (bicyclic) bond motifs is 1. The van der Waals surface area contributed by atoms with E-state index in [2.05, 4.69) is 4.90 Å². The zero-order chi connectivity index (χ0) is 14.8. The van der Waals surface area contributed by atoms with Crippen molar-refractivity contribution < 1.29 is 14.3 Å². The van der Waals surface area contributed by atoms with E-state index < -0.39 is 0 Å². The number of hydrogen-bond acceptors (Lipinski definition) is 4. The number of methoxy groups -OCH3 is 1. The first-order valence-electron chi connectivity index (χ1n) is 7.76. The maximum absolute atomic E-state index is 12.7. The molecular weight excluding hydrogens is 266 g/mol. The van der Waals surface area contributed by atoms with E-state index in [4.69, 9.17) is 9.47 Å². The van der Waals surface area contributed by atoms with Crippen molar-refractivity contribution in [2.24, 2.45) is 0 Å². The highest BCUT2D eigenvalue weighted by Gasteiger charge is 2.39. The van der Waals surface area contributed by atoms with Crippen LogP contribution in [0.25, 0.3) is 0 Å². The SMILES string of the molecule is COc1ccc(C(=O)C(C)N2CCOC3CCCC32)cc1. The van der Waals surface area contributed by atoms with Crippen molar-refractivity contribution >= 4 is 5.78 Å². The molecule has 0 aromatic heterocycles. The monoisotopic (exact) mass is 289 g/mol. The molecule has 1 aliphatic carbocycles. The molecule has 1 saturated heterocycles. The van der Waals surface area contributed by atoms with Gasteiger partial charge >= 0.3 is 0 Å². The Morgan fingerprint density at radius 2 is 2.10 bits per heavy atom. The average molecular weight is 289 g/mol. The molecule has 4 nitrogen and oxygen atoms in total. The van der Waals surface area contributed by atoms with Crippen LogP contribution in [0.15, 0.2) is 24.3 Å². The lowest BCUT2D eigenvalue weighted by molar-refractivity contribution is -0.0643. The molecule has 0 spiro atoms. The van der Waals surface area contributed by atoms with Crippen LogP contribution in [0.1, 0.15) is 36.5 Å². The lowest BCUT2D eigenvalue weighted by atomic mass is 10.0. The standard InChI is InChI=1S/C17H23NO3/c1-12(17(19)13-6-8-14(20-2)9-7-13)18-10-11-21-16-5-3-4-15(16)18/h6-9,12,15-16H,3-5,10-11H2,1-2H3. The van der Waals surface area contributed by atoms with Gasteiger partial charge in [-0.2, -0.15) is 0 Å². The highest BCUT2D eigenvalue weighted by atomic mass is 16.5. The number of hydrogen-bond donors (Lipinski definition) is 0. The number of ketones is 1. The predicted molar refractivity (Wildman–Crippen MR) is 80.9 cm³/mol. The van der Waals surface area contributed by atoms with Crippen molar-refractivity contribution in [1.29, 1.82) is 0 Å². The van der Waals surface area contributed by atoms with E-state index in [9.17, 15) is 4.79 Å². The topological polar surface area (TPSA) is 38.8 Å². The minimum absolute atomic E-state index is 0.0899. The van der Waals surface area contributed by atoms with E-state index in [1.807, 2.05) is 31.2 Å². The molecule has 3 rings (SSSR count). The van der Waals surface area contributed by atoms with Crippen molar-refractivity contribution in [3.63, 3.8) is 0 Å². The van der Waals surface area contributed by atoms with Gasteiger partial charge in [-0.05, 0) is 50.5 Å². The Balaban J connectivity index is 1.73. The first kappa shape index (κ1) is 14.5. The van der Waals surface area contributed by atoms with Gasteiger partial charge in [-0.15, -0.1) is 0 Å². The summed E-state index contributed by atoms with van der Waals surface area (Å²) >= 11 is 0. The van der Waals surface area contributed by atoms with Crippen molar-refractivity contribution in [2.45, 2.75) is 44.4 Å². The first-order chi connectivity index (χ1) is 10.2. The molecule has 1 aliphatic heterocycles. The Morgan fingerprint density at radius 3 is 2.81 bits per heavy atom. The number of Topliss-reactive ketones (excluding diaryl/α,β-unsaturated/α-hetero) is 1. The molecule has 2 aliphatic rings. The van der Waals surface area contributed by atoms with E-state index in [0.29, 0.717) is 12.1 Å². The fourth-order valence-corrected chi connectivity index (χ4v) is 3.58. The van der Waals surface area contributed by atoms with Crippen LogP contribution >= 0.6 is 0 Å². The van der Waals surface area contributed by atoms with Crippen LogP contribution in [-0.2, 0) is 4.74 Å². The van der Waals surface area contributed by atoms with E-state index >= 15 is 0 Å². The molecule has 1 saturated carbocycles. The van der Waals surface area contributed by atoms with E-state index in [1.165, 1.54) is 6.42 Å². The van der Waals surface area contributed by atoms with Gasteiger partial charge in [0.05, 0.1) is 25.9 Å². The number of morpholine rings is 1. The van der Waals surface area contributed by atoms with Gasteiger partial charge in [0.1, 0.15) is 5.75 Å². The fourth-order valence-electron chi connectivity index (χ4n) is 3.58. The summed E-state index contributed by atoms with van der Waals surface area (Å²) in [5.74, 6) is 0.964. The van der Waals surface area contributed by atoms with Crippen LogP contribution in [0.3, 0.4) is 0 Å². The summed E-state index contributed by atoms with van der Waals surface area (Å²) in [6, 6.07) is 7.72. The van der Waals surface area contributed by atoms with Crippen molar-refractivity contribution in [3.8, 4) is 5.75 Å². The largest absolute Gasteiger partial charge is 0.497 e. The van der Waals surface area contributed by atoms with Gasteiger partial charge in [0, 0.05) is 18.2 Å². The van der Waals surface area contributed by atoms with Crippen molar-refractivity contribution in [1.82, 2.24) is 4.90 Å². The number of carbonyl (C=O) groups excluding carboxylic acids is 1. The summed E-state index contributed by atoms with van der Waals surface area (Å²) in [5.41, 5.74) is 0.754. The minimum Gasteiger partial charge on any atom is -0.497 e. The van der Waals surface area contributed by atoms with Crippen LogP contribution < -0.4 is 4.74 Å². The average Bonchev–Trinajstić information content (AvgIpc) is 3.02. The van der Waals surface area contributed by atoms with Crippen LogP contribution in [0.4, 0.5) is 0 Å². The molecule has 1 heterocycles. The summed E-state index contributed by atoms with van der Waals surface area (Å²) in [7, 11) is 1.63. The van der Waals surface area contributed by atoms with Gasteiger partial charge in [-0.3, -0.25) is 9.69 Å². The van der Waals surface area contributed by atoms with Gasteiger partial charge in [0.15, 0.2) is 5.78 Å². The normalized spacial score (nSPS) is 27.1. The molecular formula is C17H23NO3. The fraction of sp³-hybridized carbons (Fsp3) is 0.588. The Bertz CT molecular complexity index is 499. The van der Waals surface area contributed by atoms with E-state index in [1.54, 1.807) is 7.11 Å². The number of nitrogens with zero attached hydrogens (tertiary/aromatic N) is 1. The summed E-state index contributed by atoms with van der Waals surface area (Å²) in [5, 5.41) is 0. The Kier molecular flexibility index (Phi) is 4.27. The molecule has 1 aromatic carbocycles. The van der Waals surface area contributed by atoms with Crippen molar-refractivity contribution in [2.75, 3.05) is 20.3 Å². The third kappa shape index (κ3) is 2.83. The highest BCUT2D eigenvalue weighted by molar-refractivity contribution is 6.00. The maximum atomic E-state index is 12.7. The van der Waals surface area contributed by atoms with Crippen LogP contribution in [0.2, 0.25) is 0 Å². The third-order valence-corrected chi connectivity index (χ3v) is 4.78. The second-order valence-corrected chi connectivity index (χ2v) is 5.91. The zero-order valence-corrected chi connectivity index (χ0v) is 12.7. The predicted octanol–water partition coefficient (Wildman–Crippen LogP) is 2.52. The Hall–Kier alpha value is -1.39. The Morgan fingerprint density at radius 1 is 1.33 bits per heavy atom. The molecule has 4 heteroatoms. The van der Waals surface area contributed by atoms with Gasteiger partial charge in [-0.1, -0.05) is 0 Å². The molecule has 0 amide bonds. The van der Waals surface area contributed by atoms with Crippen LogP contribution in [0, 0.1) is 0 Å². The van der Waals surface area contributed by atoms with Gasteiger partial charge in [0.25, 0.3) is 0 Å².